The van der Waals surface area contributed by atoms with Gasteiger partial charge in [-0.25, -0.2) is 0 Å². The van der Waals surface area contributed by atoms with Gasteiger partial charge in [-0.15, -0.1) is 0 Å². The lowest BCUT2D eigenvalue weighted by molar-refractivity contribution is -0.129. The Hall–Kier alpha value is -1.57. The van der Waals surface area contributed by atoms with Gasteiger partial charge in [-0.3, -0.25) is 4.79 Å². The average molecular weight is 202 g/mol. The number of benzene rings is 1. The Morgan fingerprint density at radius 2 is 1.93 bits per heavy atom. The molecule has 0 spiro atoms. The quantitative estimate of drug-likeness (QED) is 0.737. The first-order valence-electron chi connectivity index (χ1n) is 5.16. The number of ether oxygens (including phenoxy) is 1. The maximum absolute atomic E-state index is 11.9. The second kappa shape index (κ2) is 3.54. The summed E-state index contributed by atoms with van der Waals surface area (Å²) in [5.74, 6) is 0.803. The molecule has 0 N–H and O–H groups in total. The van der Waals surface area contributed by atoms with Gasteiger partial charge in [0.2, 0.25) is 5.78 Å². The first kappa shape index (κ1) is 9.97. The Labute approximate surface area is 89.6 Å². The zero-order valence-corrected chi connectivity index (χ0v) is 8.99. The van der Waals surface area contributed by atoms with E-state index in [-0.39, 0.29) is 5.78 Å². The Morgan fingerprint density at radius 1 is 1.27 bits per heavy atom. The van der Waals surface area contributed by atoms with Crippen molar-refractivity contribution in [2.45, 2.75) is 25.9 Å². The average Bonchev–Trinajstić information content (AvgIpc) is 2.57. The van der Waals surface area contributed by atoms with Gasteiger partial charge in [0.1, 0.15) is 5.76 Å². The van der Waals surface area contributed by atoms with Crippen molar-refractivity contribution in [1.29, 1.82) is 0 Å². The molecule has 1 atom stereocenters. The number of carbonyl (C=O) groups excluding carboxylic acids is 1. The van der Waals surface area contributed by atoms with Crippen molar-refractivity contribution in [2.75, 3.05) is 0 Å². The summed E-state index contributed by atoms with van der Waals surface area (Å²) in [6, 6.07) is 9.61. The molecular formula is C13H14O2. The van der Waals surface area contributed by atoms with E-state index in [4.69, 9.17) is 4.74 Å². The van der Waals surface area contributed by atoms with Crippen molar-refractivity contribution in [3.05, 3.63) is 47.7 Å². The Kier molecular flexibility index (Phi) is 2.35. The van der Waals surface area contributed by atoms with Gasteiger partial charge in [0.15, 0.2) is 5.60 Å². The molecule has 0 radical (unpaired) electrons. The number of rotatable bonds is 2. The van der Waals surface area contributed by atoms with Gasteiger partial charge in [0.05, 0.1) is 0 Å². The number of ketones is 1. The van der Waals surface area contributed by atoms with Crippen LogP contribution in [-0.4, -0.2) is 5.78 Å². The number of carbonyl (C=O) groups is 1. The molecular weight excluding hydrogens is 188 g/mol. The molecule has 0 aromatic heterocycles. The van der Waals surface area contributed by atoms with E-state index in [1.54, 1.807) is 6.08 Å². The first-order valence-corrected chi connectivity index (χ1v) is 5.16. The summed E-state index contributed by atoms with van der Waals surface area (Å²) >= 11 is 0. The predicted molar refractivity (Wildman–Crippen MR) is 58.3 cm³/mol. The van der Waals surface area contributed by atoms with Crippen LogP contribution < -0.4 is 0 Å². The Balaban J connectivity index is 2.35. The normalized spacial score (nSPS) is 24.9. The third-order valence-corrected chi connectivity index (χ3v) is 2.77. The molecule has 0 unspecified atom stereocenters. The molecule has 1 aliphatic heterocycles. The van der Waals surface area contributed by atoms with Crippen LogP contribution in [0.3, 0.4) is 0 Å². The van der Waals surface area contributed by atoms with E-state index in [9.17, 15) is 4.79 Å². The molecule has 78 valence electrons. The maximum Gasteiger partial charge on any atom is 0.206 e. The van der Waals surface area contributed by atoms with Crippen LogP contribution in [0.25, 0.3) is 0 Å². The van der Waals surface area contributed by atoms with Crippen molar-refractivity contribution in [2.24, 2.45) is 0 Å². The molecule has 2 nitrogen and oxygen atoms in total. The van der Waals surface area contributed by atoms with E-state index in [2.05, 4.69) is 0 Å². The lowest BCUT2D eigenvalue weighted by atomic mass is 9.92. The van der Waals surface area contributed by atoms with Crippen molar-refractivity contribution in [3.63, 3.8) is 0 Å². The van der Waals surface area contributed by atoms with Crippen LogP contribution in [0.4, 0.5) is 0 Å². The molecule has 1 aliphatic rings. The Bertz CT molecular complexity index is 406. The summed E-state index contributed by atoms with van der Waals surface area (Å²) < 4.78 is 5.71. The van der Waals surface area contributed by atoms with Crippen LogP contribution in [0, 0.1) is 0 Å². The van der Waals surface area contributed by atoms with Gasteiger partial charge in [0.25, 0.3) is 0 Å². The highest BCUT2D eigenvalue weighted by Crippen LogP contribution is 2.35. The van der Waals surface area contributed by atoms with Crippen molar-refractivity contribution in [3.8, 4) is 0 Å². The minimum Gasteiger partial charge on any atom is -0.479 e. The highest BCUT2D eigenvalue weighted by molar-refractivity contribution is 5.99. The fraction of sp³-hybridized carbons (Fsp3) is 0.308. The summed E-state index contributed by atoms with van der Waals surface area (Å²) in [6.45, 7) is 3.81. The third kappa shape index (κ3) is 1.56. The third-order valence-electron chi connectivity index (χ3n) is 2.77. The van der Waals surface area contributed by atoms with Gasteiger partial charge in [-0.1, -0.05) is 37.3 Å². The van der Waals surface area contributed by atoms with Crippen LogP contribution >= 0.6 is 0 Å². The highest BCUT2D eigenvalue weighted by Gasteiger charge is 2.40. The summed E-state index contributed by atoms with van der Waals surface area (Å²) in [6.07, 6.45) is 2.36. The standard InChI is InChI=1S/C13H14O2/c1-3-11-9-12(14)13(2,15-11)10-7-5-4-6-8-10/h4-9H,3H2,1-2H3/t13-/m0/s1. The Morgan fingerprint density at radius 3 is 2.47 bits per heavy atom. The summed E-state index contributed by atoms with van der Waals surface area (Å²) in [7, 11) is 0. The second-order valence-electron chi connectivity index (χ2n) is 3.83. The SMILES string of the molecule is CCC1=CC(=O)[C@](C)(c2ccccc2)O1. The molecule has 0 saturated carbocycles. The summed E-state index contributed by atoms with van der Waals surface area (Å²) in [4.78, 5) is 11.9. The van der Waals surface area contributed by atoms with Gasteiger partial charge < -0.3 is 4.74 Å². The lowest BCUT2D eigenvalue weighted by Gasteiger charge is -2.24. The smallest absolute Gasteiger partial charge is 0.206 e. The highest BCUT2D eigenvalue weighted by atomic mass is 16.5. The second-order valence-corrected chi connectivity index (χ2v) is 3.83. The molecule has 0 amide bonds. The lowest BCUT2D eigenvalue weighted by Crippen LogP contribution is -2.29. The van der Waals surface area contributed by atoms with Gasteiger partial charge >= 0.3 is 0 Å². The van der Waals surface area contributed by atoms with E-state index in [0.717, 1.165) is 17.7 Å². The molecule has 0 bridgehead atoms. The minimum absolute atomic E-state index is 0.0329. The van der Waals surface area contributed by atoms with Crippen molar-refractivity contribution >= 4 is 5.78 Å². The van der Waals surface area contributed by atoms with E-state index in [1.165, 1.54) is 0 Å². The van der Waals surface area contributed by atoms with Crippen LogP contribution in [0.1, 0.15) is 25.8 Å². The number of hydrogen-bond donors (Lipinski definition) is 0. The maximum atomic E-state index is 11.9. The molecule has 0 saturated heterocycles. The van der Waals surface area contributed by atoms with E-state index < -0.39 is 5.60 Å². The van der Waals surface area contributed by atoms with Gasteiger partial charge in [0, 0.05) is 18.1 Å². The number of allylic oxidation sites excluding steroid dienone is 1. The van der Waals surface area contributed by atoms with Crippen molar-refractivity contribution < 1.29 is 9.53 Å². The fourth-order valence-corrected chi connectivity index (χ4v) is 1.76. The van der Waals surface area contributed by atoms with Crippen LogP contribution in [0.5, 0.6) is 0 Å². The predicted octanol–water partition coefficient (Wildman–Crippen LogP) is 2.80. The molecule has 1 aromatic rings. The molecule has 0 fully saturated rings. The number of hydrogen-bond acceptors (Lipinski definition) is 2. The van der Waals surface area contributed by atoms with Crippen LogP contribution in [-0.2, 0) is 15.1 Å². The molecule has 2 heteroatoms. The monoisotopic (exact) mass is 202 g/mol. The minimum atomic E-state index is -0.813. The molecule has 1 heterocycles. The molecule has 15 heavy (non-hydrogen) atoms. The van der Waals surface area contributed by atoms with Crippen LogP contribution in [0.15, 0.2) is 42.2 Å². The fourth-order valence-electron chi connectivity index (χ4n) is 1.76. The van der Waals surface area contributed by atoms with E-state index >= 15 is 0 Å². The van der Waals surface area contributed by atoms with E-state index in [1.807, 2.05) is 44.2 Å². The largest absolute Gasteiger partial charge is 0.479 e. The van der Waals surface area contributed by atoms with Gasteiger partial charge in [-0.2, -0.15) is 0 Å². The van der Waals surface area contributed by atoms with Crippen molar-refractivity contribution in [1.82, 2.24) is 0 Å². The van der Waals surface area contributed by atoms with Gasteiger partial charge in [-0.05, 0) is 6.92 Å². The molecule has 0 aliphatic carbocycles. The topological polar surface area (TPSA) is 26.3 Å². The zero-order valence-electron chi connectivity index (χ0n) is 8.99. The summed E-state index contributed by atoms with van der Waals surface area (Å²) in [5.41, 5.74) is 0.0989. The van der Waals surface area contributed by atoms with E-state index in [0.29, 0.717) is 0 Å². The first-order chi connectivity index (χ1) is 7.16. The summed E-state index contributed by atoms with van der Waals surface area (Å²) in [5, 5.41) is 0. The molecule has 2 rings (SSSR count). The molecule has 1 aromatic carbocycles. The zero-order chi connectivity index (χ0) is 10.9. The van der Waals surface area contributed by atoms with Crippen LogP contribution in [0.2, 0.25) is 0 Å².